The Hall–Kier alpha value is -2.65. The van der Waals surface area contributed by atoms with Crippen molar-refractivity contribution in [2.45, 2.75) is 60.7 Å². The van der Waals surface area contributed by atoms with Crippen LogP contribution in [0.1, 0.15) is 18.9 Å². The predicted octanol–water partition coefficient (Wildman–Crippen LogP) is 8.33. The van der Waals surface area contributed by atoms with Crippen molar-refractivity contribution in [1.82, 2.24) is 0 Å². The van der Waals surface area contributed by atoms with Crippen LogP contribution in [0.15, 0.2) is 54.6 Å². The molecule has 0 amide bonds. The molecule has 0 saturated heterocycles. The molecule has 0 aliphatic carbocycles. The average Bonchev–Trinajstić information content (AvgIpc) is 2.77. The van der Waals surface area contributed by atoms with E-state index < -0.39 is 59.3 Å². The SMILES string of the molecule is CC(O)(CC(F)(F)C(F)(F)C(F)(F)C(F)(F)C(F)(F)C(F)(F)C(F)(F)F)c1ccc(-c2ccccc2)cc1. The summed E-state index contributed by atoms with van der Waals surface area (Å²) in [6.07, 6.45) is -10.5. The topological polar surface area (TPSA) is 20.2 Å². The smallest absolute Gasteiger partial charge is 0.385 e. The molecule has 0 saturated carbocycles. The second-order valence-corrected chi connectivity index (χ2v) is 8.47. The first-order chi connectivity index (χ1) is 16.8. The molecule has 0 aliphatic heterocycles. The van der Waals surface area contributed by atoms with Crippen LogP contribution in [0, 0.1) is 0 Å². The van der Waals surface area contributed by atoms with Gasteiger partial charge in [-0.15, -0.1) is 0 Å². The third kappa shape index (κ3) is 4.79. The zero-order valence-corrected chi connectivity index (χ0v) is 18.5. The van der Waals surface area contributed by atoms with Crippen molar-refractivity contribution in [1.29, 1.82) is 0 Å². The molecule has 1 N–H and O–H groups in total. The van der Waals surface area contributed by atoms with Gasteiger partial charge in [-0.2, -0.15) is 65.9 Å². The summed E-state index contributed by atoms with van der Waals surface area (Å²) in [5.41, 5.74) is -3.03. The van der Waals surface area contributed by atoms with Gasteiger partial charge in [-0.1, -0.05) is 54.6 Å². The number of hydrogen-bond donors (Lipinski definition) is 1. The maximum Gasteiger partial charge on any atom is 0.460 e. The largest absolute Gasteiger partial charge is 0.460 e. The Morgan fingerprint density at radius 2 is 0.868 bits per heavy atom. The van der Waals surface area contributed by atoms with Gasteiger partial charge in [0.1, 0.15) is 0 Å². The number of aliphatic hydroxyl groups is 1. The summed E-state index contributed by atoms with van der Waals surface area (Å²) >= 11 is 0. The number of halogens is 15. The van der Waals surface area contributed by atoms with E-state index in [9.17, 15) is 71.0 Å². The van der Waals surface area contributed by atoms with Crippen LogP contribution < -0.4 is 0 Å². The Morgan fingerprint density at radius 3 is 1.29 bits per heavy atom. The monoisotopic (exact) mass is 580 g/mol. The molecule has 38 heavy (non-hydrogen) atoms. The summed E-state index contributed by atoms with van der Waals surface area (Å²) in [7, 11) is 0. The van der Waals surface area contributed by atoms with Crippen LogP contribution in [-0.2, 0) is 5.60 Å². The van der Waals surface area contributed by atoms with Crippen LogP contribution in [0.3, 0.4) is 0 Å². The highest BCUT2D eigenvalue weighted by molar-refractivity contribution is 5.63. The minimum absolute atomic E-state index is 0.331. The van der Waals surface area contributed by atoms with E-state index in [0.29, 0.717) is 18.1 Å². The standard InChI is InChI=1S/C22H15F15O/c1-15(38,14-9-7-13(8-10-14)12-5-3-2-4-6-12)11-16(23,24)17(25,26)18(27,28)19(29,30)20(31,32)21(33,34)22(35,36)37/h2-10,38H,11H2,1H3. The summed E-state index contributed by atoms with van der Waals surface area (Å²) in [6, 6.07) is 11.9. The van der Waals surface area contributed by atoms with Gasteiger partial charge in [-0.3, -0.25) is 0 Å². The quantitative estimate of drug-likeness (QED) is 0.296. The van der Waals surface area contributed by atoms with Crippen molar-refractivity contribution in [2.24, 2.45) is 0 Å². The Kier molecular flexibility index (Phi) is 7.66. The molecule has 0 spiro atoms. The Bertz CT molecular complexity index is 1100. The summed E-state index contributed by atoms with van der Waals surface area (Å²) in [4.78, 5) is 0. The molecule has 0 aliphatic rings. The van der Waals surface area contributed by atoms with Crippen LogP contribution in [-0.4, -0.2) is 46.8 Å². The minimum atomic E-state index is -8.37. The fourth-order valence-electron chi connectivity index (χ4n) is 3.30. The second-order valence-electron chi connectivity index (χ2n) is 8.47. The van der Waals surface area contributed by atoms with Crippen LogP contribution in [0.2, 0.25) is 0 Å². The lowest BCUT2D eigenvalue weighted by atomic mass is 9.83. The zero-order chi connectivity index (χ0) is 29.8. The molecule has 0 radical (unpaired) electrons. The number of hydrogen-bond acceptors (Lipinski definition) is 1. The van der Waals surface area contributed by atoms with Crippen LogP contribution in [0.25, 0.3) is 11.1 Å². The molecule has 0 aromatic heterocycles. The van der Waals surface area contributed by atoms with Crippen molar-refractivity contribution in [3.05, 3.63) is 60.2 Å². The Labute approximate surface area is 203 Å². The van der Waals surface area contributed by atoms with E-state index in [2.05, 4.69) is 0 Å². The molecular formula is C22H15F15O. The van der Waals surface area contributed by atoms with Gasteiger partial charge in [0.25, 0.3) is 0 Å². The molecule has 0 fully saturated rings. The first-order valence-electron chi connectivity index (χ1n) is 10.00. The Balaban J connectivity index is 2.45. The minimum Gasteiger partial charge on any atom is -0.385 e. The van der Waals surface area contributed by atoms with Gasteiger partial charge in [-0.25, -0.2) is 0 Å². The highest BCUT2D eigenvalue weighted by Crippen LogP contribution is 2.63. The summed E-state index contributed by atoms with van der Waals surface area (Å²) < 4.78 is 201. The van der Waals surface area contributed by atoms with E-state index in [1.54, 1.807) is 30.3 Å². The average molecular weight is 580 g/mol. The van der Waals surface area contributed by atoms with E-state index in [-0.39, 0.29) is 0 Å². The number of benzene rings is 2. The van der Waals surface area contributed by atoms with Crippen molar-refractivity contribution < 1.29 is 71.0 Å². The molecular weight excluding hydrogens is 565 g/mol. The van der Waals surface area contributed by atoms with Crippen molar-refractivity contribution in [3.8, 4) is 11.1 Å². The third-order valence-corrected chi connectivity index (χ3v) is 5.57. The molecule has 214 valence electrons. The maximum absolute atomic E-state index is 14.3. The molecule has 1 nitrogen and oxygen atoms in total. The first-order valence-corrected chi connectivity index (χ1v) is 10.00. The highest BCUT2D eigenvalue weighted by atomic mass is 19.4. The molecule has 0 bridgehead atoms. The molecule has 2 aromatic rings. The van der Waals surface area contributed by atoms with E-state index in [1.165, 1.54) is 0 Å². The lowest BCUT2D eigenvalue weighted by molar-refractivity contribution is -0.453. The fraction of sp³-hybridized carbons (Fsp3) is 0.455. The summed E-state index contributed by atoms with van der Waals surface area (Å²) in [5, 5.41) is 10.2. The number of alkyl halides is 15. The molecule has 2 aromatic carbocycles. The fourth-order valence-corrected chi connectivity index (χ4v) is 3.30. The van der Waals surface area contributed by atoms with Crippen LogP contribution in [0.4, 0.5) is 65.9 Å². The van der Waals surface area contributed by atoms with Crippen molar-refractivity contribution in [3.63, 3.8) is 0 Å². The van der Waals surface area contributed by atoms with Crippen molar-refractivity contribution >= 4 is 0 Å². The van der Waals surface area contributed by atoms with Gasteiger partial charge < -0.3 is 5.11 Å². The van der Waals surface area contributed by atoms with Crippen molar-refractivity contribution in [2.75, 3.05) is 0 Å². The lowest BCUT2D eigenvalue weighted by Crippen LogP contribution is -2.72. The molecule has 16 heteroatoms. The number of rotatable bonds is 9. The second kappa shape index (κ2) is 9.23. The van der Waals surface area contributed by atoms with Gasteiger partial charge in [0.05, 0.1) is 12.0 Å². The van der Waals surface area contributed by atoms with Crippen LogP contribution >= 0.6 is 0 Å². The normalized spacial score (nSPS) is 16.3. The molecule has 1 unspecified atom stereocenters. The van der Waals surface area contributed by atoms with Gasteiger partial charge in [-0.05, 0) is 23.6 Å². The van der Waals surface area contributed by atoms with E-state index in [0.717, 1.165) is 24.3 Å². The zero-order valence-electron chi connectivity index (χ0n) is 18.5. The lowest BCUT2D eigenvalue weighted by Gasteiger charge is -2.42. The molecule has 1 atom stereocenters. The summed E-state index contributed by atoms with van der Waals surface area (Å²) in [6.45, 7) is 0.331. The van der Waals surface area contributed by atoms with Gasteiger partial charge in [0.15, 0.2) is 0 Å². The van der Waals surface area contributed by atoms with Gasteiger partial charge in [0.2, 0.25) is 0 Å². The van der Waals surface area contributed by atoms with E-state index >= 15 is 0 Å². The van der Waals surface area contributed by atoms with E-state index in [1.807, 2.05) is 0 Å². The highest BCUT2D eigenvalue weighted by Gasteiger charge is 2.93. The third-order valence-electron chi connectivity index (χ3n) is 5.57. The summed E-state index contributed by atoms with van der Waals surface area (Å²) in [5.74, 6) is -47.1. The van der Waals surface area contributed by atoms with Crippen LogP contribution in [0.5, 0.6) is 0 Å². The van der Waals surface area contributed by atoms with Gasteiger partial charge in [0, 0.05) is 0 Å². The van der Waals surface area contributed by atoms with Gasteiger partial charge >= 0.3 is 41.7 Å². The Morgan fingerprint density at radius 1 is 0.500 bits per heavy atom. The first kappa shape index (κ1) is 31.6. The molecule has 0 heterocycles. The maximum atomic E-state index is 14.3. The predicted molar refractivity (Wildman–Crippen MR) is 102 cm³/mol. The van der Waals surface area contributed by atoms with E-state index in [4.69, 9.17) is 0 Å². The molecule has 2 rings (SSSR count).